The molecule has 0 saturated heterocycles. The van der Waals surface area contributed by atoms with E-state index in [0.29, 0.717) is 5.54 Å². The Morgan fingerprint density at radius 3 is 2.39 bits per heavy atom. The molecule has 1 aliphatic rings. The molecule has 0 atom stereocenters. The molecule has 1 aromatic rings. The molecular weight excluding hydrogens is 224 g/mol. The van der Waals surface area contributed by atoms with E-state index in [0.717, 1.165) is 12.1 Å². The van der Waals surface area contributed by atoms with Crippen LogP contribution in [0.1, 0.15) is 48.5 Å². The molecule has 3 nitrogen and oxygen atoms in total. The van der Waals surface area contributed by atoms with E-state index >= 15 is 0 Å². The van der Waals surface area contributed by atoms with Crippen LogP contribution >= 0.6 is 0 Å². The molecule has 0 radical (unpaired) electrons. The van der Waals surface area contributed by atoms with Gasteiger partial charge in [-0.05, 0) is 43.4 Å². The second kappa shape index (κ2) is 5.53. The number of benzene rings is 1. The van der Waals surface area contributed by atoms with Crippen molar-refractivity contribution >= 4 is 5.91 Å². The van der Waals surface area contributed by atoms with Crippen molar-refractivity contribution in [3.63, 3.8) is 0 Å². The van der Waals surface area contributed by atoms with Gasteiger partial charge in [0.1, 0.15) is 0 Å². The highest BCUT2D eigenvalue weighted by molar-refractivity contribution is 5.93. The lowest BCUT2D eigenvalue weighted by Crippen LogP contribution is -2.49. The Balaban J connectivity index is 1.92. The van der Waals surface area contributed by atoms with E-state index in [-0.39, 0.29) is 5.91 Å². The van der Waals surface area contributed by atoms with Gasteiger partial charge >= 0.3 is 0 Å². The lowest BCUT2D eigenvalue weighted by molar-refractivity contribution is 0.0963. The zero-order valence-electron chi connectivity index (χ0n) is 11.3. The summed E-state index contributed by atoms with van der Waals surface area (Å²) in [6, 6.07) is 7.82. The van der Waals surface area contributed by atoms with Crippen LogP contribution in [-0.4, -0.2) is 18.5 Å². The minimum absolute atomic E-state index is 0.0291. The van der Waals surface area contributed by atoms with E-state index < -0.39 is 0 Å². The summed E-state index contributed by atoms with van der Waals surface area (Å²) in [5.74, 6) is -0.0291. The van der Waals surface area contributed by atoms with Crippen molar-refractivity contribution < 1.29 is 4.79 Å². The summed E-state index contributed by atoms with van der Waals surface area (Å²) in [5.41, 5.74) is 2.33. The van der Waals surface area contributed by atoms with Crippen LogP contribution in [0.2, 0.25) is 0 Å². The van der Waals surface area contributed by atoms with Crippen molar-refractivity contribution in [3.8, 4) is 0 Å². The molecule has 0 spiro atoms. The standard InChI is InChI=1S/C15H22N2O/c1-3-15(9-4-10-15)17-11-12-5-7-13(8-6-12)14(18)16-2/h5-8,17H,3-4,9-11H2,1-2H3,(H,16,18). The Morgan fingerprint density at radius 1 is 1.28 bits per heavy atom. The van der Waals surface area contributed by atoms with Crippen LogP contribution in [0.5, 0.6) is 0 Å². The smallest absolute Gasteiger partial charge is 0.251 e. The third-order valence-corrected chi connectivity index (χ3v) is 4.10. The molecule has 98 valence electrons. The zero-order valence-corrected chi connectivity index (χ0v) is 11.3. The van der Waals surface area contributed by atoms with Crippen molar-refractivity contribution in [2.45, 2.75) is 44.7 Å². The molecule has 2 N–H and O–H groups in total. The minimum Gasteiger partial charge on any atom is -0.355 e. The SMILES string of the molecule is CCC1(NCc2ccc(C(=O)NC)cc2)CCC1. The van der Waals surface area contributed by atoms with Gasteiger partial charge in [-0.2, -0.15) is 0 Å². The normalized spacial score (nSPS) is 17.0. The first kappa shape index (κ1) is 13.1. The summed E-state index contributed by atoms with van der Waals surface area (Å²) in [6.07, 6.45) is 5.12. The molecule has 1 amide bonds. The van der Waals surface area contributed by atoms with Crippen LogP contribution in [0, 0.1) is 0 Å². The maximum atomic E-state index is 11.4. The van der Waals surface area contributed by atoms with E-state index in [4.69, 9.17) is 0 Å². The molecule has 1 fully saturated rings. The molecule has 1 saturated carbocycles. The number of amides is 1. The van der Waals surface area contributed by atoms with Crippen LogP contribution in [0.15, 0.2) is 24.3 Å². The molecule has 1 aliphatic carbocycles. The van der Waals surface area contributed by atoms with E-state index in [2.05, 4.69) is 17.6 Å². The number of carbonyl (C=O) groups is 1. The zero-order chi connectivity index (χ0) is 13.0. The molecule has 0 aliphatic heterocycles. The Kier molecular flexibility index (Phi) is 4.02. The summed E-state index contributed by atoms with van der Waals surface area (Å²) in [7, 11) is 1.65. The maximum Gasteiger partial charge on any atom is 0.251 e. The van der Waals surface area contributed by atoms with E-state index in [1.807, 2.05) is 24.3 Å². The summed E-state index contributed by atoms with van der Waals surface area (Å²) in [5, 5.41) is 6.29. The molecule has 0 aromatic heterocycles. The first-order chi connectivity index (χ1) is 8.69. The second-order valence-corrected chi connectivity index (χ2v) is 5.12. The van der Waals surface area contributed by atoms with Gasteiger partial charge in [0.2, 0.25) is 0 Å². The van der Waals surface area contributed by atoms with Crippen LogP contribution in [0.25, 0.3) is 0 Å². The summed E-state index contributed by atoms with van der Waals surface area (Å²) in [6.45, 7) is 3.14. The first-order valence-corrected chi connectivity index (χ1v) is 6.75. The summed E-state index contributed by atoms with van der Waals surface area (Å²) < 4.78 is 0. The fraction of sp³-hybridized carbons (Fsp3) is 0.533. The number of carbonyl (C=O) groups excluding carboxylic acids is 1. The van der Waals surface area contributed by atoms with Gasteiger partial charge < -0.3 is 10.6 Å². The molecule has 0 bridgehead atoms. The van der Waals surface area contributed by atoms with Crippen LogP contribution in [-0.2, 0) is 6.54 Å². The van der Waals surface area contributed by atoms with Gasteiger partial charge in [0.15, 0.2) is 0 Å². The number of hydrogen-bond acceptors (Lipinski definition) is 2. The molecular formula is C15H22N2O. The monoisotopic (exact) mass is 246 g/mol. The van der Waals surface area contributed by atoms with Crippen molar-refractivity contribution in [3.05, 3.63) is 35.4 Å². The van der Waals surface area contributed by atoms with Gasteiger partial charge in [0.05, 0.1) is 0 Å². The third-order valence-electron chi connectivity index (χ3n) is 4.10. The molecule has 2 rings (SSSR count). The molecule has 3 heteroatoms. The van der Waals surface area contributed by atoms with Crippen LogP contribution < -0.4 is 10.6 Å². The highest BCUT2D eigenvalue weighted by Crippen LogP contribution is 2.34. The average molecular weight is 246 g/mol. The fourth-order valence-corrected chi connectivity index (χ4v) is 2.47. The van der Waals surface area contributed by atoms with E-state index in [9.17, 15) is 4.79 Å². The van der Waals surface area contributed by atoms with Gasteiger partial charge in [-0.3, -0.25) is 4.79 Å². The number of rotatable bonds is 5. The van der Waals surface area contributed by atoms with Crippen molar-refractivity contribution in [1.29, 1.82) is 0 Å². The largest absolute Gasteiger partial charge is 0.355 e. The summed E-state index contributed by atoms with van der Waals surface area (Å²) >= 11 is 0. The third kappa shape index (κ3) is 2.72. The quantitative estimate of drug-likeness (QED) is 0.838. The Bertz CT molecular complexity index is 401. The average Bonchev–Trinajstić information content (AvgIpc) is 2.38. The molecule has 1 aromatic carbocycles. The van der Waals surface area contributed by atoms with Crippen molar-refractivity contribution in [2.75, 3.05) is 7.05 Å². The fourth-order valence-electron chi connectivity index (χ4n) is 2.47. The molecule has 18 heavy (non-hydrogen) atoms. The second-order valence-electron chi connectivity index (χ2n) is 5.12. The lowest BCUT2D eigenvalue weighted by Gasteiger charge is -2.42. The molecule has 0 heterocycles. The maximum absolute atomic E-state index is 11.4. The Morgan fingerprint density at radius 2 is 1.94 bits per heavy atom. The first-order valence-electron chi connectivity index (χ1n) is 6.75. The van der Waals surface area contributed by atoms with Gasteiger partial charge in [-0.1, -0.05) is 19.1 Å². The predicted molar refractivity (Wildman–Crippen MR) is 73.5 cm³/mol. The van der Waals surface area contributed by atoms with Gasteiger partial charge in [0, 0.05) is 24.7 Å². The Labute approximate surface area is 109 Å². The van der Waals surface area contributed by atoms with Gasteiger partial charge in [-0.25, -0.2) is 0 Å². The number of nitrogens with one attached hydrogen (secondary N) is 2. The van der Waals surface area contributed by atoms with Crippen molar-refractivity contribution in [2.24, 2.45) is 0 Å². The van der Waals surface area contributed by atoms with Crippen LogP contribution in [0.3, 0.4) is 0 Å². The van der Waals surface area contributed by atoms with Gasteiger partial charge in [-0.15, -0.1) is 0 Å². The predicted octanol–water partition coefficient (Wildman–Crippen LogP) is 2.47. The minimum atomic E-state index is -0.0291. The van der Waals surface area contributed by atoms with E-state index in [1.54, 1.807) is 7.05 Å². The highest BCUT2D eigenvalue weighted by Gasteiger charge is 2.34. The summed E-state index contributed by atoms with van der Waals surface area (Å²) in [4.78, 5) is 11.4. The van der Waals surface area contributed by atoms with Crippen molar-refractivity contribution in [1.82, 2.24) is 10.6 Å². The lowest BCUT2D eigenvalue weighted by atomic mass is 9.75. The molecule has 0 unspecified atom stereocenters. The number of hydrogen-bond donors (Lipinski definition) is 2. The highest BCUT2D eigenvalue weighted by atomic mass is 16.1. The topological polar surface area (TPSA) is 41.1 Å². The van der Waals surface area contributed by atoms with Crippen LogP contribution in [0.4, 0.5) is 0 Å². The Hall–Kier alpha value is -1.35. The van der Waals surface area contributed by atoms with Gasteiger partial charge in [0.25, 0.3) is 5.91 Å². The van der Waals surface area contributed by atoms with E-state index in [1.165, 1.54) is 31.2 Å².